The molecule has 2 rings (SSSR count). The van der Waals surface area contributed by atoms with Crippen molar-refractivity contribution in [1.29, 1.82) is 0 Å². The number of hydrogen-bond acceptors (Lipinski definition) is 3. The van der Waals surface area contributed by atoms with Crippen molar-refractivity contribution in [3.8, 4) is 0 Å². The van der Waals surface area contributed by atoms with Gasteiger partial charge < -0.3 is 5.32 Å². The van der Waals surface area contributed by atoms with E-state index in [1.54, 1.807) is 23.5 Å². The molecule has 0 aliphatic rings. The summed E-state index contributed by atoms with van der Waals surface area (Å²) in [7, 11) is 0. The molecule has 3 nitrogen and oxygen atoms in total. The van der Waals surface area contributed by atoms with Gasteiger partial charge in [0.25, 0.3) is 5.91 Å². The Bertz CT molecular complexity index is 496. The van der Waals surface area contributed by atoms with E-state index < -0.39 is 0 Å². The predicted octanol–water partition coefficient (Wildman–Crippen LogP) is 3.29. The van der Waals surface area contributed by atoms with E-state index >= 15 is 0 Å². The molecule has 0 spiro atoms. The first-order valence-electron chi connectivity index (χ1n) is 5.12. The van der Waals surface area contributed by atoms with Crippen LogP contribution in [-0.4, -0.2) is 10.9 Å². The molecule has 2 aromatic heterocycles. The summed E-state index contributed by atoms with van der Waals surface area (Å²) in [5.41, 5.74) is 0.512. The Kier molecular flexibility index (Phi) is 3.76. The fraction of sp³-hybridized carbons (Fsp3) is 0.167. The summed E-state index contributed by atoms with van der Waals surface area (Å²) in [6, 6.07) is 7.22. The lowest BCUT2D eigenvalue weighted by molar-refractivity contribution is 0.0940. The lowest BCUT2D eigenvalue weighted by Crippen LogP contribution is -2.26. The molecule has 0 saturated carbocycles. The van der Waals surface area contributed by atoms with Crippen molar-refractivity contribution in [1.82, 2.24) is 10.3 Å². The highest BCUT2D eigenvalue weighted by molar-refractivity contribution is 7.10. The molecule has 17 heavy (non-hydrogen) atoms. The van der Waals surface area contributed by atoms with Crippen molar-refractivity contribution in [2.24, 2.45) is 0 Å². The van der Waals surface area contributed by atoms with Crippen LogP contribution in [0.5, 0.6) is 0 Å². The van der Waals surface area contributed by atoms with Crippen molar-refractivity contribution >= 4 is 28.8 Å². The van der Waals surface area contributed by atoms with Crippen molar-refractivity contribution < 1.29 is 4.79 Å². The second-order valence-electron chi connectivity index (χ2n) is 3.58. The smallest absolute Gasteiger partial charge is 0.253 e. The number of nitrogens with zero attached hydrogens (tertiary/aromatic N) is 1. The molecule has 0 radical (unpaired) electrons. The van der Waals surface area contributed by atoms with Gasteiger partial charge in [0.2, 0.25) is 0 Å². The molecule has 0 bridgehead atoms. The molecule has 2 aromatic rings. The molecule has 0 aromatic carbocycles. The van der Waals surface area contributed by atoms with Gasteiger partial charge in [0.15, 0.2) is 0 Å². The Hall–Kier alpha value is -1.39. The van der Waals surface area contributed by atoms with Crippen LogP contribution in [-0.2, 0) is 0 Å². The number of halogens is 1. The summed E-state index contributed by atoms with van der Waals surface area (Å²) in [5.74, 6) is -0.143. The van der Waals surface area contributed by atoms with Gasteiger partial charge in [0.05, 0.1) is 11.6 Å². The Morgan fingerprint density at radius 1 is 1.47 bits per heavy atom. The number of hydrogen-bond donors (Lipinski definition) is 1. The van der Waals surface area contributed by atoms with Gasteiger partial charge >= 0.3 is 0 Å². The first-order chi connectivity index (χ1) is 8.16. The number of thiophene rings is 1. The molecule has 0 aliphatic heterocycles. The van der Waals surface area contributed by atoms with Crippen molar-refractivity contribution in [3.63, 3.8) is 0 Å². The van der Waals surface area contributed by atoms with Gasteiger partial charge in [-0.1, -0.05) is 17.7 Å². The van der Waals surface area contributed by atoms with Crippen molar-refractivity contribution in [2.45, 2.75) is 13.0 Å². The highest BCUT2D eigenvalue weighted by Gasteiger charge is 2.12. The number of rotatable bonds is 3. The Morgan fingerprint density at radius 2 is 2.29 bits per heavy atom. The number of pyridine rings is 1. The predicted molar refractivity (Wildman–Crippen MR) is 69.4 cm³/mol. The fourth-order valence-corrected chi connectivity index (χ4v) is 2.25. The normalized spacial score (nSPS) is 12.1. The van der Waals surface area contributed by atoms with Gasteiger partial charge in [-0.15, -0.1) is 11.3 Å². The van der Waals surface area contributed by atoms with E-state index in [-0.39, 0.29) is 11.9 Å². The topological polar surface area (TPSA) is 42.0 Å². The molecule has 1 atom stereocenters. The van der Waals surface area contributed by atoms with Crippen molar-refractivity contribution in [3.05, 3.63) is 51.4 Å². The molecule has 1 N–H and O–H groups in total. The average molecular weight is 267 g/mol. The van der Waals surface area contributed by atoms with Crippen LogP contribution in [0.15, 0.2) is 35.8 Å². The number of carbonyl (C=O) groups is 1. The highest BCUT2D eigenvalue weighted by Crippen LogP contribution is 2.18. The maximum Gasteiger partial charge on any atom is 0.253 e. The van der Waals surface area contributed by atoms with Crippen LogP contribution in [0.25, 0.3) is 0 Å². The molecule has 0 fully saturated rings. The summed E-state index contributed by atoms with van der Waals surface area (Å²) in [4.78, 5) is 16.9. The summed E-state index contributed by atoms with van der Waals surface area (Å²) in [6.07, 6.45) is 1.47. The van der Waals surface area contributed by atoms with Crippen LogP contribution < -0.4 is 5.32 Å². The van der Waals surface area contributed by atoms with Crippen LogP contribution in [0.1, 0.15) is 28.2 Å². The minimum absolute atomic E-state index is 0.00169. The zero-order chi connectivity index (χ0) is 12.3. The third-order valence-electron chi connectivity index (χ3n) is 2.31. The van der Waals surface area contributed by atoms with E-state index in [0.29, 0.717) is 10.7 Å². The molecule has 5 heteroatoms. The number of nitrogens with one attached hydrogen (secondary N) is 1. The molecular formula is C12H11ClN2OS. The van der Waals surface area contributed by atoms with E-state index in [4.69, 9.17) is 11.6 Å². The molecule has 0 aliphatic carbocycles. The second-order valence-corrected chi connectivity index (χ2v) is 4.95. The summed E-state index contributed by atoms with van der Waals surface area (Å²) in [6.45, 7) is 1.95. The largest absolute Gasteiger partial charge is 0.345 e. The molecule has 0 unspecified atom stereocenters. The quantitative estimate of drug-likeness (QED) is 0.867. The number of aromatic nitrogens is 1. The summed E-state index contributed by atoms with van der Waals surface area (Å²) in [5, 5.41) is 5.28. The maximum absolute atomic E-state index is 11.9. The Labute approximate surface area is 108 Å². The van der Waals surface area contributed by atoms with E-state index in [2.05, 4.69) is 10.3 Å². The van der Waals surface area contributed by atoms with E-state index in [0.717, 1.165) is 4.88 Å². The van der Waals surface area contributed by atoms with Crippen LogP contribution >= 0.6 is 22.9 Å². The van der Waals surface area contributed by atoms with Crippen molar-refractivity contribution in [2.75, 3.05) is 0 Å². The zero-order valence-corrected chi connectivity index (χ0v) is 10.8. The highest BCUT2D eigenvalue weighted by atomic mass is 35.5. The molecule has 0 saturated heterocycles. The minimum Gasteiger partial charge on any atom is -0.345 e. The van der Waals surface area contributed by atoms with Crippen LogP contribution in [0, 0.1) is 0 Å². The Balaban J connectivity index is 2.04. The molecule has 2 heterocycles. The standard InChI is InChI=1S/C12H11ClN2OS/c1-8(10-3-2-6-17-10)15-12(16)9-4-5-11(13)14-7-9/h2-8H,1H3,(H,15,16)/t8-/m1/s1. The van der Waals surface area contributed by atoms with E-state index in [9.17, 15) is 4.79 Å². The van der Waals surface area contributed by atoms with Gasteiger partial charge in [0, 0.05) is 11.1 Å². The first-order valence-corrected chi connectivity index (χ1v) is 6.38. The lowest BCUT2D eigenvalue weighted by Gasteiger charge is -2.11. The van der Waals surface area contributed by atoms with E-state index in [1.165, 1.54) is 6.20 Å². The lowest BCUT2D eigenvalue weighted by atomic mass is 10.2. The molecule has 88 valence electrons. The second kappa shape index (κ2) is 5.29. The van der Waals surface area contributed by atoms with Crippen LogP contribution in [0.4, 0.5) is 0 Å². The fourth-order valence-electron chi connectivity index (χ4n) is 1.40. The van der Waals surface area contributed by atoms with Crippen LogP contribution in [0.3, 0.4) is 0 Å². The average Bonchev–Trinajstić information content (AvgIpc) is 2.83. The maximum atomic E-state index is 11.9. The van der Waals surface area contributed by atoms with Gasteiger partial charge in [-0.2, -0.15) is 0 Å². The minimum atomic E-state index is -0.143. The first kappa shape index (κ1) is 12.1. The van der Waals surface area contributed by atoms with E-state index in [1.807, 2.05) is 24.4 Å². The summed E-state index contributed by atoms with van der Waals surface area (Å²) < 4.78 is 0. The van der Waals surface area contributed by atoms with Gasteiger partial charge in [0.1, 0.15) is 5.15 Å². The monoisotopic (exact) mass is 266 g/mol. The zero-order valence-electron chi connectivity index (χ0n) is 9.18. The summed E-state index contributed by atoms with van der Waals surface area (Å²) >= 11 is 7.28. The Morgan fingerprint density at radius 3 is 2.88 bits per heavy atom. The molecular weight excluding hydrogens is 256 g/mol. The third-order valence-corrected chi connectivity index (χ3v) is 3.59. The van der Waals surface area contributed by atoms with Gasteiger partial charge in [-0.25, -0.2) is 4.98 Å². The SMILES string of the molecule is C[C@@H](NC(=O)c1ccc(Cl)nc1)c1cccs1. The van der Waals surface area contributed by atoms with Gasteiger partial charge in [-0.05, 0) is 30.5 Å². The molecule has 1 amide bonds. The number of amides is 1. The third kappa shape index (κ3) is 3.05. The van der Waals surface area contributed by atoms with Gasteiger partial charge in [-0.3, -0.25) is 4.79 Å². The van der Waals surface area contributed by atoms with Crippen LogP contribution in [0.2, 0.25) is 5.15 Å². The number of carbonyl (C=O) groups excluding carboxylic acids is 1.